The Hall–Kier alpha value is 0.130. The fourth-order valence-corrected chi connectivity index (χ4v) is 2.03. The van der Waals surface area contributed by atoms with Gasteiger partial charge < -0.3 is 22.9 Å². The van der Waals surface area contributed by atoms with E-state index in [0.29, 0.717) is 24.2 Å². The summed E-state index contributed by atoms with van der Waals surface area (Å²) in [5, 5.41) is 0. The maximum atomic E-state index is 5.55. The minimum absolute atomic E-state index is 0. The van der Waals surface area contributed by atoms with Gasteiger partial charge in [0, 0.05) is 24.2 Å². The molecular weight excluding hydrogens is 212 g/mol. The van der Waals surface area contributed by atoms with Crippen LogP contribution in [0.1, 0.15) is 38.5 Å². The lowest BCUT2D eigenvalue weighted by atomic mass is 10.2. The van der Waals surface area contributed by atoms with Crippen molar-refractivity contribution in [3.05, 3.63) is 0 Å². The van der Waals surface area contributed by atoms with E-state index < -0.39 is 0 Å². The summed E-state index contributed by atoms with van der Waals surface area (Å²) in [5.74, 6) is 0. The lowest BCUT2D eigenvalue weighted by Crippen LogP contribution is -2.35. The minimum Gasteiger partial charge on any atom is -0.326 e. The van der Waals surface area contributed by atoms with E-state index in [1.807, 2.05) is 0 Å². The highest BCUT2D eigenvalue weighted by Crippen LogP contribution is 2.14. The molecule has 2 saturated carbocycles. The quantitative estimate of drug-likeness (QED) is 0.478. The molecule has 4 nitrogen and oxygen atoms in total. The number of halogens is 1. The number of hydrogen-bond donors (Lipinski definition) is 4. The lowest BCUT2D eigenvalue weighted by Gasteiger charge is -2.05. The van der Waals surface area contributed by atoms with Crippen molar-refractivity contribution < 1.29 is 0 Å². The van der Waals surface area contributed by atoms with Crippen molar-refractivity contribution in [1.29, 1.82) is 0 Å². The molecule has 4 atom stereocenters. The molecule has 0 aromatic rings. The van der Waals surface area contributed by atoms with E-state index in [1.165, 1.54) is 12.8 Å². The predicted molar refractivity (Wildman–Crippen MR) is 66.9 cm³/mol. The minimum atomic E-state index is 0. The summed E-state index contributed by atoms with van der Waals surface area (Å²) in [7, 11) is 0. The van der Waals surface area contributed by atoms with Crippen LogP contribution in [0.4, 0.5) is 0 Å². The van der Waals surface area contributed by atoms with E-state index in [0.717, 1.165) is 25.7 Å². The van der Waals surface area contributed by atoms with Gasteiger partial charge in [-0.25, -0.2) is 0 Å². The smallest absolute Gasteiger partial charge is 0.0192 e. The van der Waals surface area contributed by atoms with Crippen molar-refractivity contribution in [2.45, 2.75) is 62.7 Å². The third kappa shape index (κ3) is 5.13. The Balaban J connectivity index is 0.000000245. The first kappa shape index (κ1) is 15.1. The van der Waals surface area contributed by atoms with Crippen molar-refractivity contribution in [1.82, 2.24) is 0 Å². The molecule has 15 heavy (non-hydrogen) atoms. The summed E-state index contributed by atoms with van der Waals surface area (Å²) in [6.07, 6.45) is 6.95. The topological polar surface area (TPSA) is 104 Å². The summed E-state index contributed by atoms with van der Waals surface area (Å²) >= 11 is 0. The summed E-state index contributed by atoms with van der Waals surface area (Å²) in [6.45, 7) is 0. The average molecular weight is 237 g/mol. The van der Waals surface area contributed by atoms with Crippen LogP contribution in [0.2, 0.25) is 0 Å². The fraction of sp³-hybridized carbons (Fsp3) is 1.00. The van der Waals surface area contributed by atoms with Crippen LogP contribution in [0.3, 0.4) is 0 Å². The first-order chi connectivity index (χ1) is 6.61. The molecule has 8 N–H and O–H groups in total. The van der Waals surface area contributed by atoms with E-state index in [1.54, 1.807) is 0 Å². The Morgan fingerprint density at radius 1 is 0.533 bits per heavy atom. The van der Waals surface area contributed by atoms with E-state index in [2.05, 4.69) is 0 Å². The molecule has 0 spiro atoms. The van der Waals surface area contributed by atoms with Crippen molar-refractivity contribution in [3.63, 3.8) is 0 Å². The Kier molecular flexibility index (Phi) is 7.48. The van der Waals surface area contributed by atoms with Crippen LogP contribution in [0, 0.1) is 0 Å². The Morgan fingerprint density at radius 2 is 0.733 bits per heavy atom. The van der Waals surface area contributed by atoms with Crippen molar-refractivity contribution in [2.24, 2.45) is 22.9 Å². The fourth-order valence-electron chi connectivity index (χ4n) is 2.03. The second-order valence-corrected chi connectivity index (χ2v) is 4.52. The molecule has 2 aliphatic carbocycles. The van der Waals surface area contributed by atoms with Crippen LogP contribution in [0.5, 0.6) is 0 Å². The molecule has 0 aliphatic heterocycles. The molecule has 0 saturated heterocycles. The molecule has 4 unspecified atom stereocenters. The van der Waals surface area contributed by atoms with Gasteiger partial charge in [-0.05, 0) is 25.7 Å². The molecule has 0 amide bonds. The van der Waals surface area contributed by atoms with Crippen molar-refractivity contribution in [2.75, 3.05) is 0 Å². The lowest BCUT2D eigenvalue weighted by molar-refractivity contribution is 0.603. The maximum absolute atomic E-state index is 5.55. The second kappa shape index (κ2) is 7.41. The maximum Gasteiger partial charge on any atom is 0.0192 e. The first-order valence-electron chi connectivity index (χ1n) is 5.63. The van der Waals surface area contributed by atoms with Gasteiger partial charge in [-0.1, -0.05) is 12.8 Å². The van der Waals surface area contributed by atoms with Gasteiger partial charge in [-0.3, -0.25) is 0 Å². The Morgan fingerprint density at radius 3 is 0.800 bits per heavy atom. The molecule has 0 aromatic carbocycles. The highest BCUT2D eigenvalue weighted by molar-refractivity contribution is 5.85. The van der Waals surface area contributed by atoms with Crippen molar-refractivity contribution >= 4 is 12.4 Å². The first-order valence-corrected chi connectivity index (χ1v) is 5.63. The van der Waals surface area contributed by atoms with Crippen LogP contribution in [-0.2, 0) is 0 Å². The van der Waals surface area contributed by atoms with E-state index in [4.69, 9.17) is 22.9 Å². The molecule has 2 fully saturated rings. The molecule has 2 rings (SSSR count). The van der Waals surface area contributed by atoms with Gasteiger partial charge in [-0.2, -0.15) is 0 Å². The van der Waals surface area contributed by atoms with E-state index >= 15 is 0 Å². The van der Waals surface area contributed by atoms with Crippen LogP contribution in [0.15, 0.2) is 0 Å². The molecular formula is C10H25ClN4. The van der Waals surface area contributed by atoms with Gasteiger partial charge in [0.2, 0.25) is 0 Å². The molecule has 0 heterocycles. The monoisotopic (exact) mass is 236 g/mol. The summed E-state index contributed by atoms with van der Waals surface area (Å²) in [6, 6.07) is 1.17. The zero-order chi connectivity index (χ0) is 10.6. The van der Waals surface area contributed by atoms with Crippen LogP contribution < -0.4 is 22.9 Å². The summed E-state index contributed by atoms with van der Waals surface area (Å²) < 4.78 is 0. The second-order valence-electron chi connectivity index (χ2n) is 4.52. The van der Waals surface area contributed by atoms with Crippen LogP contribution >= 0.6 is 12.4 Å². The SMILES string of the molecule is Cl.NC1CCCC1N.NC1CCCC1N. The van der Waals surface area contributed by atoms with Crippen LogP contribution in [-0.4, -0.2) is 24.2 Å². The standard InChI is InChI=1S/2C5H12N2.ClH/c2*6-4-2-1-3-5(4)7;/h2*4-5H,1-3,6-7H2;1H. The zero-order valence-corrected chi connectivity index (χ0v) is 10.1. The van der Waals surface area contributed by atoms with Gasteiger partial charge in [0.15, 0.2) is 0 Å². The highest BCUT2D eigenvalue weighted by Gasteiger charge is 2.19. The number of hydrogen-bond acceptors (Lipinski definition) is 4. The van der Waals surface area contributed by atoms with Gasteiger partial charge in [-0.15, -0.1) is 12.4 Å². The zero-order valence-electron chi connectivity index (χ0n) is 9.27. The molecule has 0 bridgehead atoms. The van der Waals surface area contributed by atoms with Gasteiger partial charge >= 0.3 is 0 Å². The predicted octanol–water partition coefficient (Wildman–Crippen LogP) is 0.0716. The van der Waals surface area contributed by atoms with Crippen molar-refractivity contribution in [3.8, 4) is 0 Å². The molecule has 2 aliphatic rings. The largest absolute Gasteiger partial charge is 0.326 e. The van der Waals surface area contributed by atoms with Gasteiger partial charge in [0.1, 0.15) is 0 Å². The van der Waals surface area contributed by atoms with E-state index in [-0.39, 0.29) is 12.4 Å². The molecule has 92 valence electrons. The Bertz CT molecular complexity index is 134. The van der Waals surface area contributed by atoms with Crippen LogP contribution in [0.25, 0.3) is 0 Å². The van der Waals surface area contributed by atoms with Gasteiger partial charge in [0.25, 0.3) is 0 Å². The Labute approximate surface area is 98.5 Å². The summed E-state index contributed by atoms with van der Waals surface area (Å²) in [5.41, 5.74) is 22.2. The number of rotatable bonds is 0. The highest BCUT2D eigenvalue weighted by atomic mass is 35.5. The summed E-state index contributed by atoms with van der Waals surface area (Å²) in [4.78, 5) is 0. The van der Waals surface area contributed by atoms with E-state index in [9.17, 15) is 0 Å². The third-order valence-electron chi connectivity index (χ3n) is 3.25. The number of nitrogens with two attached hydrogens (primary N) is 4. The van der Waals surface area contributed by atoms with Gasteiger partial charge in [0.05, 0.1) is 0 Å². The third-order valence-corrected chi connectivity index (χ3v) is 3.25. The molecule has 0 radical (unpaired) electrons. The average Bonchev–Trinajstić information content (AvgIpc) is 2.67. The molecule has 5 heteroatoms. The normalized spacial score (nSPS) is 39.2. The molecule has 0 aromatic heterocycles.